The fourth-order valence-electron chi connectivity index (χ4n) is 2.02. The van der Waals surface area contributed by atoms with E-state index in [-0.39, 0.29) is 11.5 Å². The Balaban J connectivity index is 1.90. The number of aromatic nitrogens is 4. The van der Waals surface area contributed by atoms with Crippen molar-refractivity contribution in [2.75, 3.05) is 0 Å². The van der Waals surface area contributed by atoms with Crippen LogP contribution in [0.2, 0.25) is 0 Å². The summed E-state index contributed by atoms with van der Waals surface area (Å²) in [6, 6.07) is 1.80. The van der Waals surface area contributed by atoms with Crippen LogP contribution in [0.3, 0.4) is 0 Å². The van der Waals surface area contributed by atoms with Gasteiger partial charge in [0.05, 0.1) is 11.1 Å². The van der Waals surface area contributed by atoms with E-state index in [1.54, 1.807) is 16.7 Å². The molecule has 3 rings (SSSR count). The molecular weight excluding hydrogens is 332 g/mol. The van der Waals surface area contributed by atoms with E-state index in [0.29, 0.717) is 34.6 Å². The largest absolute Gasteiger partial charge is 0.338 e. The van der Waals surface area contributed by atoms with Crippen molar-refractivity contribution in [1.29, 1.82) is 0 Å². The maximum Gasteiger partial charge on any atom is 0.263 e. The molecule has 0 fully saturated rings. The van der Waals surface area contributed by atoms with Gasteiger partial charge in [0, 0.05) is 12.5 Å². The quantitative estimate of drug-likeness (QED) is 0.386. The number of hydrogen-bond acceptors (Lipinski definition) is 7. The Morgan fingerprint density at radius 1 is 1.48 bits per heavy atom. The highest BCUT2D eigenvalue weighted by atomic mass is 32.2. The molecule has 120 valence electrons. The average Bonchev–Trinajstić information content (AvgIpc) is 3.17. The van der Waals surface area contributed by atoms with E-state index in [0.717, 1.165) is 4.83 Å². The van der Waals surface area contributed by atoms with Gasteiger partial charge in [-0.3, -0.25) is 9.36 Å². The maximum atomic E-state index is 12.5. The summed E-state index contributed by atoms with van der Waals surface area (Å²) in [6.07, 6.45) is 1.69. The molecule has 0 aromatic carbocycles. The topological polar surface area (TPSA) is 73.8 Å². The van der Waals surface area contributed by atoms with Gasteiger partial charge in [0.2, 0.25) is 5.89 Å². The average molecular weight is 348 g/mol. The Morgan fingerprint density at radius 2 is 2.30 bits per heavy atom. The first-order valence-corrected chi connectivity index (χ1v) is 9.01. The minimum absolute atomic E-state index is 0.0490. The van der Waals surface area contributed by atoms with E-state index in [1.165, 1.54) is 23.1 Å². The van der Waals surface area contributed by atoms with Crippen LogP contribution in [-0.2, 0) is 12.3 Å². The van der Waals surface area contributed by atoms with Gasteiger partial charge in [0.25, 0.3) is 5.56 Å². The summed E-state index contributed by atoms with van der Waals surface area (Å²) >= 11 is 2.87. The molecule has 0 amide bonds. The molecule has 0 atom stereocenters. The SMILES string of the molecule is C=CCn1c(SCc2nc(C(C)C)no2)nc2sccc2c1=O. The zero-order valence-electron chi connectivity index (χ0n) is 12.9. The van der Waals surface area contributed by atoms with Gasteiger partial charge in [-0.25, -0.2) is 4.98 Å². The van der Waals surface area contributed by atoms with Crippen LogP contribution < -0.4 is 5.56 Å². The zero-order chi connectivity index (χ0) is 16.4. The second kappa shape index (κ2) is 6.67. The molecule has 0 spiro atoms. The number of fused-ring (bicyclic) bond motifs is 1. The van der Waals surface area contributed by atoms with Crippen LogP contribution >= 0.6 is 23.1 Å². The van der Waals surface area contributed by atoms with E-state index >= 15 is 0 Å². The maximum absolute atomic E-state index is 12.5. The number of nitrogens with zero attached hydrogens (tertiary/aromatic N) is 4. The Morgan fingerprint density at radius 3 is 3.00 bits per heavy atom. The van der Waals surface area contributed by atoms with E-state index in [4.69, 9.17) is 4.52 Å². The van der Waals surface area contributed by atoms with Crippen molar-refractivity contribution < 1.29 is 4.52 Å². The first-order valence-electron chi connectivity index (χ1n) is 7.14. The van der Waals surface area contributed by atoms with Crippen molar-refractivity contribution in [2.45, 2.75) is 37.2 Å². The first kappa shape index (κ1) is 15.9. The molecule has 0 N–H and O–H groups in total. The van der Waals surface area contributed by atoms with Crippen LogP contribution in [-0.4, -0.2) is 19.7 Å². The fraction of sp³-hybridized carbons (Fsp3) is 0.333. The van der Waals surface area contributed by atoms with Crippen molar-refractivity contribution in [3.05, 3.63) is 46.2 Å². The smallest absolute Gasteiger partial charge is 0.263 e. The molecule has 0 aliphatic carbocycles. The van der Waals surface area contributed by atoms with Crippen molar-refractivity contribution in [3.63, 3.8) is 0 Å². The molecule has 0 radical (unpaired) electrons. The van der Waals surface area contributed by atoms with Crippen molar-refractivity contribution in [3.8, 4) is 0 Å². The molecule has 6 nitrogen and oxygen atoms in total. The summed E-state index contributed by atoms with van der Waals surface area (Å²) in [5, 5.41) is 7.09. The van der Waals surface area contributed by atoms with Crippen molar-refractivity contribution in [2.24, 2.45) is 0 Å². The standard InChI is InChI=1S/C15H16N4O2S2/c1-4-6-19-14(20)10-5-7-22-13(10)17-15(19)23-8-11-16-12(9(2)3)18-21-11/h4-5,7,9H,1,6,8H2,2-3H3. The van der Waals surface area contributed by atoms with Crippen LogP contribution in [0.25, 0.3) is 10.2 Å². The molecule has 3 aromatic heterocycles. The Hall–Kier alpha value is -1.93. The summed E-state index contributed by atoms with van der Waals surface area (Å²) in [4.78, 5) is 22.2. The van der Waals surface area contributed by atoms with E-state index in [2.05, 4.69) is 21.7 Å². The normalized spacial score (nSPS) is 11.4. The second-order valence-electron chi connectivity index (χ2n) is 5.23. The van der Waals surface area contributed by atoms with Gasteiger partial charge in [0.15, 0.2) is 11.0 Å². The monoisotopic (exact) mass is 348 g/mol. The van der Waals surface area contributed by atoms with E-state index < -0.39 is 0 Å². The molecule has 0 aliphatic rings. The van der Waals surface area contributed by atoms with Crippen LogP contribution in [0.15, 0.2) is 38.6 Å². The molecule has 0 saturated heterocycles. The molecule has 3 heterocycles. The van der Waals surface area contributed by atoms with Gasteiger partial charge in [-0.15, -0.1) is 17.9 Å². The van der Waals surface area contributed by atoms with Gasteiger partial charge < -0.3 is 4.52 Å². The second-order valence-corrected chi connectivity index (χ2v) is 7.06. The summed E-state index contributed by atoms with van der Waals surface area (Å²) < 4.78 is 6.85. The Kier molecular flexibility index (Phi) is 4.63. The molecule has 0 saturated carbocycles. The van der Waals surface area contributed by atoms with Crippen LogP contribution in [0.4, 0.5) is 0 Å². The van der Waals surface area contributed by atoms with Crippen LogP contribution in [0.1, 0.15) is 31.5 Å². The molecule has 0 bridgehead atoms. The molecule has 23 heavy (non-hydrogen) atoms. The highest BCUT2D eigenvalue weighted by Gasteiger charge is 2.14. The van der Waals surface area contributed by atoms with Gasteiger partial charge in [-0.1, -0.05) is 36.8 Å². The predicted molar refractivity (Wildman–Crippen MR) is 92.0 cm³/mol. The Labute approximate surface area is 141 Å². The Bertz CT molecular complexity index is 894. The lowest BCUT2D eigenvalue weighted by Crippen LogP contribution is -2.22. The number of thioether (sulfide) groups is 1. The van der Waals surface area contributed by atoms with Crippen molar-refractivity contribution >= 4 is 33.3 Å². The zero-order valence-corrected chi connectivity index (χ0v) is 14.5. The minimum Gasteiger partial charge on any atom is -0.338 e. The third-order valence-electron chi connectivity index (χ3n) is 3.19. The lowest BCUT2D eigenvalue weighted by molar-refractivity contribution is 0.382. The lowest BCUT2D eigenvalue weighted by atomic mass is 10.2. The van der Waals surface area contributed by atoms with Gasteiger partial charge in [-0.05, 0) is 11.4 Å². The summed E-state index contributed by atoms with van der Waals surface area (Å²) in [5.41, 5.74) is -0.0490. The molecule has 0 unspecified atom stereocenters. The number of rotatable bonds is 6. The third kappa shape index (κ3) is 3.23. The molecule has 0 aliphatic heterocycles. The third-order valence-corrected chi connectivity index (χ3v) is 4.95. The molecular formula is C15H16N4O2S2. The number of thiophene rings is 1. The number of allylic oxidation sites excluding steroid dienone is 1. The van der Waals surface area contributed by atoms with Gasteiger partial charge in [0.1, 0.15) is 4.83 Å². The van der Waals surface area contributed by atoms with Crippen molar-refractivity contribution in [1.82, 2.24) is 19.7 Å². The summed E-state index contributed by atoms with van der Waals surface area (Å²) in [7, 11) is 0. The highest BCUT2D eigenvalue weighted by Crippen LogP contribution is 2.24. The summed E-state index contributed by atoms with van der Waals surface area (Å²) in [6.45, 7) is 8.15. The number of hydrogen-bond donors (Lipinski definition) is 0. The first-order chi connectivity index (χ1) is 11.1. The van der Waals surface area contributed by atoms with Crippen LogP contribution in [0.5, 0.6) is 0 Å². The predicted octanol–water partition coefficient (Wildman–Crippen LogP) is 3.44. The fourth-order valence-corrected chi connectivity index (χ4v) is 3.67. The molecule has 8 heteroatoms. The van der Waals surface area contributed by atoms with Gasteiger partial charge >= 0.3 is 0 Å². The molecule has 3 aromatic rings. The van der Waals surface area contributed by atoms with E-state index in [1.807, 2.05) is 19.2 Å². The van der Waals surface area contributed by atoms with E-state index in [9.17, 15) is 4.79 Å². The minimum atomic E-state index is -0.0490. The summed E-state index contributed by atoms with van der Waals surface area (Å²) in [5.74, 6) is 1.91. The lowest BCUT2D eigenvalue weighted by Gasteiger charge is -2.08. The van der Waals surface area contributed by atoms with Crippen LogP contribution in [0, 0.1) is 0 Å². The highest BCUT2D eigenvalue weighted by molar-refractivity contribution is 7.98. The van der Waals surface area contributed by atoms with Gasteiger partial charge in [-0.2, -0.15) is 4.98 Å².